The molecule has 0 radical (unpaired) electrons. The monoisotopic (exact) mass is 320 g/mol. The van der Waals surface area contributed by atoms with E-state index in [2.05, 4.69) is 15.4 Å². The molecule has 0 saturated heterocycles. The smallest absolute Gasteiger partial charge is 0.337 e. The topological polar surface area (TPSA) is 76.7 Å². The Morgan fingerprint density at radius 3 is 2.23 bits per heavy atom. The van der Waals surface area contributed by atoms with E-state index in [9.17, 15) is 9.59 Å². The predicted molar refractivity (Wildman–Crippen MR) is 84.1 cm³/mol. The van der Waals surface area contributed by atoms with Gasteiger partial charge in [0.05, 0.1) is 31.4 Å². The number of carbonyl (C=O) groups is 2. The summed E-state index contributed by atoms with van der Waals surface area (Å²) in [5.74, 6) is -0.859. The number of nitrogens with one attached hydrogen (secondary N) is 2. The third-order valence-corrected chi connectivity index (χ3v) is 3.56. The summed E-state index contributed by atoms with van der Waals surface area (Å²) in [6.45, 7) is 1.76. The molecule has 1 aliphatic rings. The fourth-order valence-electron chi connectivity index (χ4n) is 2.25. The quantitative estimate of drug-likeness (QED) is 0.644. The Labute approximate surface area is 133 Å². The van der Waals surface area contributed by atoms with E-state index in [0.717, 1.165) is 5.56 Å². The average Bonchev–Trinajstić information content (AvgIpc) is 2.53. The first-order chi connectivity index (χ1) is 10.5. The maximum absolute atomic E-state index is 12.0. The number of benzene rings is 1. The molecule has 1 aliphatic heterocycles. The normalized spacial score (nSPS) is 17.4. The van der Waals surface area contributed by atoms with E-state index in [4.69, 9.17) is 17.0 Å². The third-order valence-electron chi connectivity index (χ3n) is 3.34. The third kappa shape index (κ3) is 3.09. The minimum absolute atomic E-state index is 0.416. The van der Waals surface area contributed by atoms with Gasteiger partial charge < -0.3 is 20.1 Å². The van der Waals surface area contributed by atoms with E-state index in [0.29, 0.717) is 21.9 Å². The highest BCUT2D eigenvalue weighted by molar-refractivity contribution is 7.80. The first kappa shape index (κ1) is 16.0. The Bertz CT molecular complexity index is 652. The van der Waals surface area contributed by atoms with Crippen LogP contribution in [-0.2, 0) is 14.3 Å². The van der Waals surface area contributed by atoms with Gasteiger partial charge in [0, 0.05) is 5.70 Å². The Morgan fingerprint density at radius 2 is 1.68 bits per heavy atom. The molecule has 7 heteroatoms. The number of carbonyl (C=O) groups excluding carboxylic acids is 2. The summed E-state index contributed by atoms with van der Waals surface area (Å²) >= 11 is 5.14. The van der Waals surface area contributed by atoms with Crippen molar-refractivity contribution >= 4 is 29.3 Å². The molecule has 22 heavy (non-hydrogen) atoms. The van der Waals surface area contributed by atoms with Crippen LogP contribution in [0, 0.1) is 0 Å². The van der Waals surface area contributed by atoms with Crippen LogP contribution >= 0.6 is 12.2 Å². The molecule has 0 aliphatic carbocycles. The predicted octanol–water partition coefficient (Wildman–Crippen LogP) is 1.44. The van der Waals surface area contributed by atoms with Gasteiger partial charge in [-0.15, -0.1) is 0 Å². The molecule has 2 N–H and O–H groups in total. The van der Waals surface area contributed by atoms with Gasteiger partial charge in [-0.05, 0) is 36.8 Å². The van der Waals surface area contributed by atoms with Gasteiger partial charge in [0.2, 0.25) is 0 Å². The van der Waals surface area contributed by atoms with Crippen LogP contribution in [0.5, 0.6) is 0 Å². The van der Waals surface area contributed by atoms with Crippen LogP contribution in [0.2, 0.25) is 0 Å². The van der Waals surface area contributed by atoms with Crippen LogP contribution in [0.25, 0.3) is 0 Å². The lowest BCUT2D eigenvalue weighted by atomic mass is 9.95. The summed E-state index contributed by atoms with van der Waals surface area (Å²) in [7, 11) is 2.65. The lowest BCUT2D eigenvalue weighted by Gasteiger charge is -2.29. The van der Waals surface area contributed by atoms with Gasteiger partial charge in [0.1, 0.15) is 0 Å². The summed E-state index contributed by atoms with van der Waals surface area (Å²) in [5.41, 5.74) is 2.30. The average molecular weight is 320 g/mol. The van der Waals surface area contributed by atoms with Gasteiger partial charge in [-0.3, -0.25) is 0 Å². The number of methoxy groups -OCH3 is 2. The van der Waals surface area contributed by atoms with E-state index in [1.165, 1.54) is 14.2 Å². The largest absolute Gasteiger partial charge is 0.466 e. The van der Waals surface area contributed by atoms with Crippen LogP contribution in [0.4, 0.5) is 0 Å². The zero-order valence-corrected chi connectivity index (χ0v) is 13.2. The van der Waals surface area contributed by atoms with Gasteiger partial charge in [0.25, 0.3) is 0 Å². The van der Waals surface area contributed by atoms with E-state index in [1.54, 1.807) is 31.2 Å². The lowest BCUT2D eigenvalue weighted by Crippen LogP contribution is -2.45. The van der Waals surface area contributed by atoms with E-state index in [-0.39, 0.29) is 0 Å². The van der Waals surface area contributed by atoms with Gasteiger partial charge in [-0.1, -0.05) is 12.1 Å². The van der Waals surface area contributed by atoms with Crippen molar-refractivity contribution in [3.63, 3.8) is 0 Å². The zero-order chi connectivity index (χ0) is 16.3. The summed E-state index contributed by atoms with van der Waals surface area (Å²) in [6, 6.07) is 6.33. The van der Waals surface area contributed by atoms with Crippen LogP contribution in [-0.4, -0.2) is 31.3 Å². The fourth-order valence-corrected chi connectivity index (χ4v) is 2.52. The second-order valence-corrected chi connectivity index (χ2v) is 5.08. The molecular formula is C15H16N2O4S. The second kappa shape index (κ2) is 6.57. The molecule has 0 spiro atoms. The number of rotatable bonds is 3. The molecule has 6 nitrogen and oxygen atoms in total. The van der Waals surface area contributed by atoms with Crippen molar-refractivity contribution in [2.24, 2.45) is 0 Å². The minimum Gasteiger partial charge on any atom is -0.466 e. The Hall–Kier alpha value is -2.41. The van der Waals surface area contributed by atoms with Crippen molar-refractivity contribution in [2.45, 2.75) is 13.0 Å². The second-order valence-electron chi connectivity index (χ2n) is 4.68. The van der Waals surface area contributed by atoms with Crippen molar-refractivity contribution in [3.8, 4) is 0 Å². The van der Waals surface area contributed by atoms with Crippen molar-refractivity contribution < 1.29 is 19.1 Å². The minimum atomic E-state index is -0.443. The molecule has 1 atom stereocenters. The van der Waals surface area contributed by atoms with E-state index in [1.807, 2.05) is 0 Å². The van der Waals surface area contributed by atoms with Crippen molar-refractivity contribution in [1.29, 1.82) is 0 Å². The van der Waals surface area contributed by atoms with Gasteiger partial charge in [-0.2, -0.15) is 0 Å². The maximum Gasteiger partial charge on any atom is 0.337 e. The van der Waals surface area contributed by atoms with Crippen molar-refractivity contribution in [2.75, 3.05) is 14.2 Å². The molecule has 0 fully saturated rings. The number of hydrogen-bond acceptors (Lipinski definition) is 5. The molecule has 0 bridgehead atoms. The van der Waals surface area contributed by atoms with E-state index >= 15 is 0 Å². The zero-order valence-electron chi connectivity index (χ0n) is 12.4. The van der Waals surface area contributed by atoms with Crippen LogP contribution in [0.15, 0.2) is 35.5 Å². The van der Waals surface area contributed by atoms with Crippen molar-refractivity contribution in [1.82, 2.24) is 10.6 Å². The van der Waals surface area contributed by atoms with Crippen molar-refractivity contribution in [3.05, 3.63) is 46.7 Å². The van der Waals surface area contributed by atoms with Crippen LogP contribution < -0.4 is 10.6 Å². The lowest BCUT2D eigenvalue weighted by molar-refractivity contribution is -0.136. The SMILES string of the molecule is COC(=O)C1=C(C)NC(=S)N[C@H]1c1ccc(C(=O)OC)cc1. The first-order valence-electron chi connectivity index (χ1n) is 6.52. The van der Waals surface area contributed by atoms with Gasteiger partial charge in [-0.25, -0.2) is 9.59 Å². The Kier molecular flexibility index (Phi) is 4.77. The van der Waals surface area contributed by atoms with Crippen LogP contribution in [0.3, 0.4) is 0 Å². The van der Waals surface area contributed by atoms with Gasteiger partial charge >= 0.3 is 11.9 Å². The fraction of sp³-hybridized carbons (Fsp3) is 0.267. The van der Waals surface area contributed by atoms with Crippen LogP contribution in [0.1, 0.15) is 28.9 Å². The molecule has 0 saturated carbocycles. The van der Waals surface area contributed by atoms with E-state index < -0.39 is 18.0 Å². The number of allylic oxidation sites excluding steroid dienone is 1. The molecular weight excluding hydrogens is 304 g/mol. The standard InChI is InChI=1S/C15H16N2O4S/c1-8-11(14(19)21-3)12(17-15(22)16-8)9-4-6-10(7-5-9)13(18)20-2/h4-7,12H,1-3H3,(H2,16,17,22)/t12-/m0/s1. The molecule has 116 valence electrons. The molecule has 0 aromatic heterocycles. The Morgan fingerprint density at radius 1 is 1.09 bits per heavy atom. The number of ether oxygens (including phenoxy) is 2. The summed E-state index contributed by atoms with van der Waals surface area (Å²) in [5, 5.41) is 6.37. The van der Waals surface area contributed by atoms with Gasteiger partial charge in [0.15, 0.2) is 5.11 Å². The number of hydrogen-bond donors (Lipinski definition) is 2. The highest BCUT2D eigenvalue weighted by Crippen LogP contribution is 2.27. The summed E-state index contributed by atoms with van der Waals surface area (Å²) in [6.07, 6.45) is 0. The molecule has 1 aromatic carbocycles. The molecule has 0 unspecified atom stereocenters. The summed E-state index contributed by atoms with van der Waals surface area (Å²) in [4.78, 5) is 23.5. The Balaban J connectivity index is 2.40. The molecule has 1 heterocycles. The highest BCUT2D eigenvalue weighted by atomic mass is 32.1. The first-order valence-corrected chi connectivity index (χ1v) is 6.93. The molecule has 0 amide bonds. The molecule has 2 rings (SSSR count). The summed E-state index contributed by atoms with van der Waals surface area (Å²) < 4.78 is 9.50. The maximum atomic E-state index is 12.0. The number of esters is 2. The molecule has 1 aromatic rings. The number of thiocarbonyl (C=S) groups is 1. The highest BCUT2D eigenvalue weighted by Gasteiger charge is 2.30.